The number of benzene rings is 1. The third-order valence-corrected chi connectivity index (χ3v) is 4.32. The van der Waals surface area contributed by atoms with Crippen molar-refractivity contribution in [3.8, 4) is 5.75 Å². The summed E-state index contributed by atoms with van der Waals surface area (Å²) in [6, 6.07) is 4.32. The Bertz CT molecular complexity index is 762. The summed E-state index contributed by atoms with van der Waals surface area (Å²) in [7, 11) is 3.33. The Morgan fingerprint density at radius 1 is 1.48 bits per heavy atom. The largest absolute Gasteiger partial charge is 0.496 e. The molecule has 1 aromatic heterocycles. The fourth-order valence-corrected chi connectivity index (χ4v) is 2.84. The number of thiazole rings is 1. The molecule has 1 amide bonds. The van der Waals surface area contributed by atoms with Crippen LogP contribution in [0.15, 0.2) is 23.6 Å². The molecule has 8 nitrogen and oxygen atoms in total. The lowest BCUT2D eigenvalue weighted by atomic mass is 10.2. The van der Waals surface area contributed by atoms with E-state index >= 15 is 0 Å². The van der Waals surface area contributed by atoms with Gasteiger partial charge in [-0.05, 0) is 26.1 Å². The number of amides is 1. The number of hydrogen-bond donors (Lipinski definition) is 1. The molecular formula is C16H20N4O4S. The monoisotopic (exact) mass is 364 g/mol. The van der Waals surface area contributed by atoms with Crippen molar-refractivity contribution in [1.29, 1.82) is 0 Å². The third-order valence-electron chi connectivity index (χ3n) is 3.49. The highest BCUT2D eigenvalue weighted by Gasteiger charge is 2.17. The lowest BCUT2D eigenvalue weighted by Crippen LogP contribution is -2.24. The fraction of sp³-hybridized carbons (Fsp3) is 0.375. The molecule has 0 radical (unpaired) electrons. The van der Waals surface area contributed by atoms with Gasteiger partial charge in [0, 0.05) is 24.9 Å². The van der Waals surface area contributed by atoms with Gasteiger partial charge >= 0.3 is 0 Å². The average molecular weight is 364 g/mol. The quantitative estimate of drug-likeness (QED) is 0.571. The summed E-state index contributed by atoms with van der Waals surface area (Å²) in [6.07, 6.45) is 0.225. The van der Waals surface area contributed by atoms with E-state index in [9.17, 15) is 14.9 Å². The van der Waals surface area contributed by atoms with E-state index in [4.69, 9.17) is 4.74 Å². The van der Waals surface area contributed by atoms with Crippen LogP contribution >= 0.6 is 11.3 Å². The Morgan fingerprint density at radius 2 is 2.24 bits per heavy atom. The van der Waals surface area contributed by atoms with Crippen LogP contribution in [0, 0.1) is 17.0 Å². The second kappa shape index (κ2) is 8.54. The number of methoxy groups -OCH3 is 1. The van der Waals surface area contributed by atoms with Gasteiger partial charge in [-0.1, -0.05) is 0 Å². The van der Waals surface area contributed by atoms with E-state index in [2.05, 4.69) is 10.3 Å². The first-order chi connectivity index (χ1) is 11.9. The number of hydrogen-bond acceptors (Lipinski definition) is 7. The maximum Gasteiger partial charge on any atom is 0.296 e. The molecule has 0 aliphatic heterocycles. The average Bonchev–Trinajstić information content (AvgIpc) is 2.98. The molecule has 0 aliphatic carbocycles. The summed E-state index contributed by atoms with van der Waals surface area (Å²) in [6.45, 7) is 3.12. The van der Waals surface area contributed by atoms with Crippen molar-refractivity contribution >= 4 is 28.6 Å². The number of rotatable bonds is 8. The molecule has 0 bridgehead atoms. The zero-order valence-corrected chi connectivity index (χ0v) is 15.1. The lowest BCUT2D eigenvalue weighted by Gasteiger charge is -2.15. The van der Waals surface area contributed by atoms with Crippen LogP contribution in [0.2, 0.25) is 0 Å². The highest BCUT2D eigenvalue weighted by molar-refractivity contribution is 7.09. The summed E-state index contributed by atoms with van der Waals surface area (Å²) in [4.78, 5) is 29.0. The summed E-state index contributed by atoms with van der Waals surface area (Å²) >= 11 is 1.59. The van der Waals surface area contributed by atoms with Crippen LogP contribution in [0.25, 0.3) is 0 Å². The van der Waals surface area contributed by atoms with Crippen molar-refractivity contribution < 1.29 is 14.5 Å². The van der Waals surface area contributed by atoms with E-state index in [1.807, 2.05) is 24.3 Å². The highest BCUT2D eigenvalue weighted by Crippen LogP contribution is 2.29. The SMILES string of the molecule is COc1ccc(NC(=O)CCN(C)Cc2csc(C)n2)c([N+](=O)[O-])c1. The van der Waals surface area contributed by atoms with Crippen molar-refractivity contribution in [2.24, 2.45) is 0 Å². The number of nitrogens with zero attached hydrogens (tertiary/aromatic N) is 3. The van der Waals surface area contributed by atoms with Crippen LogP contribution in [-0.2, 0) is 11.3 Å². The number of nitro groups is 1. The lowest BCUT2D eigenvalue weighted by molar-refractivity contribution is -0.384. The van der Waals surface area contributed by atoms with Crippen molar-refractivity contribution in [1.82, 2.24) is 9.88 Å². The Hall–Kier alpha value is -2.52. The third kappa shape index (κ3) is 5.50. The number of aromatic nitrogens is 1. The molecule has 0 saturated heterocycles. The maximum absolute atomic E-state index is 12.1. The molecule has 2 aromatic rings. The zero-order chi connectivity index (χ0) is 18.4. The van der Waals surface area contributed by atoms with Gasteiger partial charge in [0.1, 0.15) is 11.4 Å². The van der Waals surface area contributed by atoms with Gasteiger partial charge in [-0.3, -0.25) is 14.9 Å². The van der Waals surface area contributed by atoms with Gasteiger partial charge in [0.05, 0.1) is 28.8 Å². The minimum absolute atomic E-state index is 0.161. The molecule has 25 heavy (non-hydrogen) atoms. The molecule has 0 unspecified atom stereocenters. The predicted molar refractivity (Wildman–Crippen MR) is 96.1 cm³/mol. The molecule has 1 aromatic carbocycles. The van der Waals surface area contributed by atoms with Gasteiger partial charge in [0.25, 0.3) is 5.69 Å². The van der Waals surface area contributed by atoms with Crippen LogP contribution in [0.3, 0.4) is 0 Å². The highest BCUT2D eigenvalue weighted by atomic mass is 32.1. The Morgan fingerprint density at radius 3 is 2.84 bits per heavy atom. The first-order valence-corrected chi connectivity index (χ1v) is 8.49. The van der Waals surface area contributed by atoms with Gasteiger partial charge in [-0.2, -0.15) is 0 Å². The van der Waals surface area contributed by atoms with Gasteiger partial charge < -0.3 is 15.0 Å². The van der Waals surface area contributed by atoms with E-state index in [-0.39, 0.29) is 23.7 Å². The molecule has 0 spiro atoms. The van der Waals surface area contributed by atoms with Crippen LogP contribution in [0.1, 0.15) is 17.1 Å². The molecule has 0 atom stereocenters. The number of ether oxygens (including phenoxy) is 1. The van der Waals surface area contributed by atoms with Crippen LogP contribution in [-0.4, -0.2) is 41.4 Å². The molecule has 2 rings (SSSR count). The number of nitro benzene ring substituents is 1. The Labute approximate surface area is 149 Å². The van der Waals surface area contributed by atoms with Crippen LogP contribution < -0.4 is 10.1 Å². The van der Waals surface area contributed by atoms with Crippen molar-refractivity contribution in [3.05, 3.63) is 44.4 Å². The topological polar surface area (TPSA) is 97.6 Å². The maximum atomic E-state index is 12.1. The number of carbonyl (C=O) groups is 1. The fourth-order valence-electron chi connectivity index (χ4n) is 2.24. The Balaban J connectivity index is 1.90. The number of anilines is 1. The van der Waals surface area contributed by atoms with Gasteiger partial charge in [-0.25, -0.2) is 4.98 Å². The van der Waals surface area contributed by atoms with E-state index in [1.54, 1.807) is 17.4 Å². The van der Waals surface area contributed by atoms with Gasteiger partial charge in [-0.15, -0.1) is 11.3 Å². The minimum Gasteiger partial charge on any atom is -0.496 e. The zero-order valence-electron chi connectivity index (χ0n) is 14.3. The number of carbonyl (C=O) groups excluding carboxylic acids is 1. The Kier molecular flexibility index (Phi) is 6.43. The van der Waals surface area contributed by atoms with E-state index < -0.39 is 4.92 Å². The summed E-state index contributed by atoms with van der Waals surface area (Å²) < 4.78 is 4.97. The minimum atomic E-state index is -0.547. The van der Waals surface area contributed by atoms with Crippen molar-refractivity contribution in [2.75, 3.05) is 26.0 Å². The second-order valence-corrected chi connectivity index (χ2v) is 6.60. The number of aryl methyl sites for hydroxylation is 1. The second-order valence-electron chi connectivity index (χ2n) is 5.53. The van der Waals surface area contributed by atoms with E-state index in [0.717, 1.165) is 10.7 Å². The molecule has 1 heterocycles. The molecule has 1 N–H and O–H groups in total. The van der Waals surface area contributed by atoms with Gasteiger partial charge in [0.2, 0.25) is 5.91 Å². The van der Waals surface area contributed by atoms with Crippen LogP contribution in [0.5, 0.6) is 5.75 Å². The summed E-state index contributed by atoms with van der Waals surface area (Å²) in [5.41, 5.74) is 0.934. The molecule has 0 saturated carbocycles. The molecular weight excluding hydrogens is 344 g/mol. The first-order valence-electron chi connectivity index (χ1n) is 7.61. The standard InChI is InChI=1S/C16H20N4O4S/c1-11-17-12(10-25-11)9-19(2)7-6-16(21)18-14-5-4-13(24-3)8-15(14)20(22)23/h4-5,8,10H,6-7,9H2,1-3H3,(H,18,21). The first kappa shape index (κ1) is 18.8. The van der Waals surface area contributed by atoms with E-state index in [1.165, 1.54) is 19.2 Å². The molecule has 134 valence electrons. The summed E-state index contributed by atoms with van der Waals surface area (Å²) in [5.74, 6) is 0.0811. The number of nitrogens with one attached hydrogen (secondary N) is 1. The van der Waals surface area contributed by atoms with Crippen molar-refractivity contribution in [3.63, 3.8) is 0 Å². The van der Waals surface area contributed by atoms with E-state index in [0.29, 0.717) is 18.8 Å². The smallest absolute Gasteiger partial charge is 0.296 e. The van der Waals surface area contributed by atoms with Crippen molar-refractivity contribution in [2.45, 2.75) is 19.9 Å². The normalized spacial score (nSPS) is 10.7. The molecule has 0 aliphatic rings. The summed E-state index contributed by atoms with van der Waals surface area (Å²) in [5, 5.41) is 16.7. The van der Waals surface area contributed by atoms with Crippen LogP contribution in [0.4, 0.5) is 11.4 Å². The van der Waals surface area contributed by atoms with Gasteiger partial charge in [0.15, 0.2) is 0 Å². The molecule has 0 fully saturated rings. The molecule has 9 heteroatoms. The predicted octanol–water partition coefficient (Wildman–Crippen LogP) is 2.83.